The van der Waals surface area contributed by atoms with E-state index in [4.69, 9.17) is 5.11 Å². The smallest absolute Gasteiger partial charge is 0.416 e. The number of aryl methyl sites for hydroxylation is 1. The fourth-order valence-electron chi connectivity index (χ4n) is 3.00. The zero-order chi connectivity index (χ0) is 21.2. The fourth-order valence-corrected chi connectivity index (χ4v) is 3.00. The Bertz CT molecular complexity index is 1070. The van der Waals surface area contributed by atoms with Crippen LogP contribution in [0.1, 0.15) is 32.9 Å². The number of nitrogens with zero attached hydrogens (tertiary/aromatic N) is 2. The minimum Gasteiger partial charge on any atom is -0.478 e. The standard InChI is InChI=1S/C21H18F3N3O2/c1-13-10-16(12-25-26-18-8-6-15(7-9-18)20(28)29)14(2)27(13)19-5-3-4-17(11-19)21(22,23)24/h3-12,26H,1-2H3,(H,28,29)/b25-12+. The first kappa shape index (κ1) is 20.2. The Kier molecular flexibility index (Phi) is 5.45. The number of alkyl halides is 3. The molecule has 0 aliphatic rings. The van der Waals surface area contributed by atoms with Crippen molar-refractivity contribution in [3.63, 3.8) is 0 Å². The molecule has 2 N–H and O–H groups in total. The van der Waals surface area contributed by atoms with E-state index in [1.165, 1.54) is 18.2 Å². The zero-order valence-electron chi connectivity index (χ0n) is 15.7. The van der Waals surface area contributed by atoms with Gasteiger partial charge >= 0.3 is 12.1 Å². The van der Waals surface area contributed by atoms with E-state index < -0.39 is 17.7 Å². The van der Waals surface area contributed by atoms with Crippen LogP contribution < -0.4 is 5.43 Å². The summed E-state index contributed by atoms with van der Waals surface area (Å²) in [4.78, 5) is 10.9. The first-order valence-corrected chi connectivity index (χ1v) is 8.66. The summed E-state index contributed by atoms with van der Waals surface area (Å²) in [5, 5.41) is 13.0. The third-order valence-electron chi connectivity index (χ3n) is 4.43. The lowest BCUT2D eigenvalue weighted by molar-refractivity contribution is -0.137. The molecular weight excluding hydrogens is 383 g/mol. The van der Waals surface area contributed by atoms with Gasteiger partial charge in [0.05, 0.1) is 23.0 Å². The maximum atomic E-state index is 13.0. The van der Waals surface area contributed by atoms with Gasteiger partial charge in [-0.05, 0) is 62.4 Å². The lowest BCUT2D eigenvalue weighted by atomic mass is 10.2. The molecule has 0 aliphatic carbocycles. The molecule has 1 heterocycles. The lowest BCUT2D eigenvalue weighted by Crippen LogP contribution is -2.07. The highest BCUT2D eigenvalue weighted by Gasteiger charge is 2.30. The number of aromatic carboxylic acids is 1. The summed E-state index contributed by atoms with van der Waals surface area (Å²) in [7, 11) is 0. The first-order chi connectivity index (χ1) is 13.7. The highest BCUT2D eigenvalue weighted by molar-refractivity contribution is 5.88. The van der Waals surface area contributed by atoms with Gasteiger partial charge in [-0.25, -0.2) is 4.79 Å². The van der Waals surface area contributed by atoms with Gasteiger partial charge in [0.15, 0.2) is 0 Å². The zero-order valence-corrected chi connectivity index (χ0v) is 15.7. The van der Waals surface area contributed by atoms with E-state index >= 15 is 0 Å². The molecule has 1 aromatic heterocycles. The van der Waals surface area contributed by atoms with Gasteiger partial charge in [0, 0.05) is 22.6 Å². The van der Waals surface area contributed by atoms with Crippen LogP contribution in [-0.2, 0) is 6.18 Å². The lowest BCUT2D eigenvalue weighted by Gasteiger charge is -2.13. The van der Waals surface area contributed by atoms with Crippen molar-refractivity contribution < 1.29 is 23.1 Å². The Morgan fingerprint density at radius 2 is 1.79 bits per heavy atom. The third-order valence-corrected chi connectivity index (χ3v) is 4.43. The van der Waals surface area contributed by atoms with Crippen LogP contribution in [0.3, 0.4) is 0 Å². The molecule has 0 fully saturated rings. The van der Waals surface area contributed by atoms with E-state index in [-0.39, 0.29) is 5.56 Å². The van der Waals surface area contributed by atoms with E-state index in [2.05, 4.69) is 10.5 Å². The predicted molar refractivity (Wildman–Crippen MR) is 105 cm³/mol. The summed E-state index contributed by atoms with van der Waals surface area (Å²) in [6, 6.07) is 13.1. The summed E-state index contributed by atoms with van der Waals surface area (Å²) in [6.45, 7) is 3.61. The number of hydrogen-bond acceptors (Lipinski definition) is 3. The van der Waals surface area contributed by atoms with Crippen molar-refractivity contribution in [2.75, 3.05) is 5.43 Å². The van der Waals surface area contributed by atoms with Crippen LogP contribution in [0.25, 0.3) is 5.69 Å². The normalized spacial score (nSPS) is 11.8. The molecule has 29 heavy (non-hydrogen) atoms. The molecule has 5 nitrogen and oxygen atoms in total. The van der Waals surface area contributed by atoms with Crippen LogP contribution in [-0.4, -0.2) is 21.9 Å². The minimum atomic E-state index is -4.41. The fraction of sp³-hybridized carbons (Fsp3) is 0.143. The van der Waals surface area contributed by atoms with E-state index in [9.17, 15) is 18.0 Å². The number of hydrazone groups is 1. The van der Waals surface area contributed by atoms with Crippen LogP contribution in [0.5, 0.6) is 0 Å². The number of nitrogens with one attached hydrogen (secondary N) is 1. The van der Waals surface area contributed by atoms with Crippen molar-refractivity contribution in [2.24, 2.45) is 5.10 Å². The quantitative estimate of drug-likeness (QED) is 0.453. The van der Waals surface area contributed by atoms with Gasteiger partial charge in [0.25, 0.3) is 0 Å². The number of halogens is 3. The molecule has 0 aliphatic heterocycles. The molecule has 0 atom stereocenters. The van der Waals surface area contributed by atoms with E-state index in [1.54, 1.807) is 35.9 Å². The van der Waals surface area contributed by atoms with E-state index in [0.29, 0.717) is 11.4 Å². The third kappa shape index (κ3) is 4.48. The summed E-state index contributed by atoms with van der Waals surface area (Å²) < 4.78 is 40.8. The molecule has 0 unspecified atom stereocenters. The molecule has 8 heteroatoms. The van der Waals surface area contributed by atoms with Gasteiger partial charge in [-0.2, -0.15) is 18.3 Å². The number of rotatable bonds is 5. The van der Waals surface area contributed by atoms with Crippen molar-refractivity contribution in [1.82, 2.24) is 4.57 Å². The Labute approximate surface area is 165 Å². The number of benzene rings is 2. The molecule has 0 amide bonds. The summed E-state index contributed by atoms with van der Waals surface area (Å²) in [5.41, 5.74) is 5.56. The molecule has 0 spiro atoms. The van der Waals surface area contributed by atoms with Crippen molar-refractivity contribution in [2.45, 2.75) is 20.0 Å². The maximum Gasteiger partial charge on any atom is 0.416 e. The van der Waals surface area contributed by atoms with Crippen molar-refractivity contribution in [1.29, 1.82) is 0 Å². The summed E-state index contributed by atoms with van der Waals surface area (Å²) >= 11 is 0. The number of aromatic nitrogens is 1. The number of carbonyl (C=O) groups is 1. The molecule has 0 bridgehead atoms. The van der Waals surface area contributed by atoms with Crippen molar-refractivity contribution in [3.8, 4) is 5.69 Å². The second-order valence-electron chi connectivity index (χ2n) is 6.46. The summed E-state index contributed by atoms with van der Waals surface area (Å²) in [6.07, 6.45) is -2.84. The molecule has 3 rings (SSSR count). The Balaban J connectivity index is 1.82. The van der Waals surface area contributed by atoms with Crippen molar-refractivity contribution in [3.05, 3.63) is 82.7 Å². The molecule has 150 valence electrons. The topological polar surface area (TPSA) is 66.6 Å². The molecular formula is C21H18F3N3O2. The van der Waals surface area contributed by atoms with Crippen LogP contribution >= 0.6 is 0 Å². The highest BCUT2D eigenvalue weighted by Crippen LogP contribution is 2.31. The second kappa shape index (κ2) is 7.83. The van der Waals surface area contributed by atoms with Crippen LogP contribution in [0, 0.1) is 13.8 Å². The average Bonchev–Trinajstić information content (AvgIpc) is 2.95. The Morgan fingerprint density at radius 1 is 1.10 bits per heavy atom. The van der Waals surface area contributed by atoms with Gasteiger partial charge in [-0.1, -0.05) is 6.07 Å². The SMILES string of the molecule is Cc1cc(/C=N/Nc2ccc(C(=O)O)cc2)c(C)n1-c1cccc(C(F)(F)F)c1. The number of carboxylic acid groups (broad SMARTS) is 1. The molecule has 0 radical (unpaired) electrons. The van der Waals surface area contributed by atoms with Crippen molar-refractivity contribution >= 4 is 17.9 Å². The Morgan fingerprint density at radius 3 is 2.41 bits per heavy atom. The van der Waals surface area contributed by atoms with Crippen LogP contribution in [0.2, 0.25) is 0 Å². The van der Waals surface area contributed by atoms with E-state index in [1.807, 2.05) is 13.0 Å². The molecule has 0 saturated carbocycles. The van der Waals surface area contributed by atoms with Gasteiger partial charge in [0.2, 0.25) is 0 Å². The Hall–Kier alpha value is -3.55. The maximum absolute atomic E-state index is 13.0. The van der Waals surface area contributed by atoms with Gasteiger partial charge in [0.1, 0.15) is 0 Å². The monoisotopic (exact) mass is 401 g/mol. The van der Waals surface area contributed by atoms with Crippen LogP contribution in [0.4, 0.5) is 18.9 Å². The highest BCUT2D eigenvalue weighted by atomic mass is 19.4. The molecule has 3 aromatic rings. The minimum absolute atomic E-state index is 0.171. The van der Waals surface area contributed by atoms with E-state index in [0.717, 1.165) is 29.1 Å². The molecule has 0 saturated heterocycles. The number of anilines is 1. The average molecular weight is 401 g/mol. The number of hydrogen-bond donors (Lipinski definition) is 2. The molecule has 2 aromatic carbocycles. The van der Waals surface area contributed by atoms with Gasteiger partial charge in [-0.3, -0.25) is 5.43 Å². The van der Waals surface area contributed by atoms with Gasteiger partial charge < -0.3 is 9.67 Å². The second-order valence-corrected chi connectivity index (χ2v) is 6.46. The van der Waals surface area contributed by atoms with Gasteiger partial charge in [-0.15, -0.1) is 0 Å². The number of carboxylic acids is 1. The first-order valence-electron chi connectivity index (χ1n) is 8.66. The van der Waals surface area contributed by atoms with Crippen LogP contribution in [0.15, 0.2) is 59.7 Å². The summed E-state index contributed by atoms with van der Waals surface area (Å²) in [5.74, 6) is -1.01. The predicted octanol–water partition coefficient (Wildman–Crippen LogP) is 5.26. The largest absolute Gasteiger partial charge is 0.478 e.